The maximum absolute atomic E-state index is 12.6. The number of aromatic nitrogens is 2. The van der Waals surface area contributed by atoms with Gasteiger partial charge in [-0.25, -0.2) is 9.78 Å². The Kier molecular flexibility index (Phi) is 2.97. The van der Waals surface area contributed by atoms with Crippen molar-refractivity contribution in [1.29, 1.82) is 0 Å². The summed E-state index contributed by atoms with van der Waals surface area (Å²) in [6.07, 6.45) is 10.8. The van der Waals surface area contributed by atoms with Crippen LogP contribution < -0.4 is 0 Å². The highest BCUT2D eigenvalue weighted by Crippen LogP contribution is 2.43. The lowest BCUT2D eigenvalue weighted by molar-refractivity contribution is -0.128. The predicted octanol–water partition coefficient (Wildman–Crippen LogP) is 1.48. The summed E-state index contributed by atoms with van der Waals surface area (Å²) in [5.41, 5.74) is 0. The van der Waals surface area contributed by atoms with Crippen LogP contribution in [0, 0.1) is 5.92 Å². The van der Waals surface area contributed by atoms with Gasteiger partial charge in [0.25, 0.3) is 5.91 Å². The third-order valence-electron chi connectivity index (χ3n) is 5.23. The van der Waals surface area contributed by atoms with Gasteiger partial charge in [0.2, 0.25) is 0 Å². The van der Waals surface area contributed by atoms with E-state index in [9.17, 15) is 9.59 Å². The van der Waals surface area contributed by atoms with E-state index in [0.29, 0.717) is 25.0 Å². The van der Waals surface area contributed by atoms with Crippen molar-refractivity contribution in [2.24, 2.45) is 5.92 Å². The Morgan fingerprint density at radius 3 is 2.86 bits per heavy atom. The van der Waals surface area contributed by atoms with E-state index >= 15 is 0 Å². The van der Waals surface area contributed by atoms with Crippen molar-refractivity contribution in [1.82, 2.24) is 19.4 Å². The van der Waals surface area contributed by atoms with Gasteiger partial charge in [-0.2, -0.15) is 0 Å². The van der Waals surface area contributed by atoms with Crippen molar-refractivity contribution in [3.8, 4) is 0 Å². The minimum absolute atomic E-state index is 0.00881. The number of hydrogen-bond acceptors (Lipinski definition) is 3. The van der Waals surface area contributed by atoms with Gasteiger partial charge in [-0.3, -0.25) is 9.69 Å². The van der Waals surface area contributed by atoms with E-state index in [4.69, 9.17) is 0 Å². The molecule has 3 amide bonds. The number of hydrogen-bond donors (Lipinski definition) is 0. The zero-order chi connectivity index (χ0) is 14.4. The van der Waals surface area contributed by atoms with E-state index in [1.54, 1.807) is 12.5 Å². The Hall–Kier alpha value is -1.85. The van der Waals surface area contributed by atoms with Gasteiger partial charge < -0.3 is 9.47 Å². The van der Waals surface area contributed by atoms with E-state index in [2.05, 4.69) is 4.98 Å². The summed E-state index contributed by atoms with van der Waals surface area (Å²) >= 11 is 0. The molecule has 0 N–H and O–H groups in total. The van der Waals surface area contributed by atoms with Gasteiger partial charge in [-0.1, -0.05) is 12.8 Å². The Labute approximate surface area is 123 Å². The van der Waals surface area contributed by atoms with E-state index in [1.807, 2.05) is 15.7 Å². The number of imidazole rings is 1. The van der Waals surface area contributed by atoms with Crippen LogP contribution in [0.25, 0.3) is 0 Å². The summed E-state index contributed by atoms with van der Waals surface area (Å²) in [6, 6.07) is 0.0475. The molecule has 0 aromatic carbocycles. The van der Waals surface area contributed by atoms with E-state index in [0.717, 1.165) is 12.8 Å². The molecule has 3 heterocycles. The third kappa shape index (κ3) is 1.96. The molecule has 112 valence electrons. The number of amides is 3. The number of nitrogens with zero attached hydrogens (tertiary/aromatic N) is 4. The molecule has 1 aliphatic carbocycles. The normalized spacial score (nSPS) is 31.7. The molecule has 0 spiro atoms. The minimum atomic E-state index is -0.187. The van der Waals surface area contributed by atoms with Gasteiger partial charge in [0, 0.05) is 31.5 Å². The first-order valence-corrected chi connectivity index (χ1v) is 7.85. The highest BCUT2D eigenvalue weighted by atomic mass is 16.2. The fourth-order valence-electron chi connectivity index (χ4n) is 4.21. The molecule has 4 rings (SSSR count). The van der Waals surface area contributed by atoms with Gasteiger partial charge in [-0.05, 0) is 25.2 Å². The van der Waals surface area contributed by atoms with Crippen LogP contribution >= 0.6 is 0 Å². The average molecular weight is 288 g/mol. The molecule has 6 nitrogen and oxygen atoms in total. The molecule has 0 unspecified atom stereocenters. The quantitative estimate of drug-likeness (QED) is 0.792. The molecule has 2 aliphatic heterocycles. The second kappa shape index (κ2) is 4.86. The number of fused-ring (bicyclic) bond motifs is 3. The van der Waals surface area contributed by atoms with Crippen LogP contribution in [0.2, 0.25) is 0 Å². The number of rotatable bonds is 3. The maximum atomic E-state index is 12.6. The van der Waals surface area contributed by atoms with Crippen LogP contribution in [-0.4, -0.2) is 49.9 Å². The van der Waals surface area contributed by atoms with Crippen molar-refractivity contribution >= 4 is 11.9 Å². The molecule has 3 aliphatic rings. The second-order valence-corrected chi connectivity index (χ2v) is 6.34. The lowest BCUT2D eigenvalue weighted by atomic mass is 9.84. The minimum Gasteiger partial charge on any atom is -0.336 e. The first-order valence-electron chi connectivity index (χ1n) is 7.85. The van der Waals surface area contributed by atoms with Gasteiger partial charge in [0.15, 0.2) is 0 Å². The number of carbonyl (C=O) groups excluding carboxylic acids is 2. The number of imide groups is 1. The summed E-state index contributed by atoms with van der Waals surface area (Å²) < 4.78 is 1.90. The van der Waals surface area contributed by atoms with Crippen LogP contribution in [0.5, 0.6) is 0 Å². The summed E-state index contributed by atoms with van der Waals surface area (Å²) in [6.45, 7) is 1.06. The third-order valence-corrected chi connectivity index (χ3v) is 5.23. The van der Waals surface area contributed by atoms with Crippen LogP contribution in [-0.2, 0) is 11.3 Å². The van der Waals surface area contributed by atoms with Crippen LogP contribution in [0.15, 0.2) is 18.7 Å². The SMILES string of the molecule is O=C1[C@@H]2C[C@H]3CCCC[C@@H]3N2C(=O)N1CCn1ccnc1. The van der Waals surface area contributed by atoms with E-state index in [-0.39, 0.29) is 18.0 Å². The van der Waals surface area contributed by atoms with Gasteiger partial charge >= 0.3 is 6.03 Å². The van der Waals surface area contributed by atoms with Crippen molar-refractivity contribution in [2.75, 3.05) is 6.54 Å². The maximum Gasteiger partial charge on any atom is 0.327 e. The van der Waals surface area contributed by atoms with Gasteiger partial charge in [0.1, 0.15) is 6.04 Å². The summed E-state index contributed by atoms with van der Waals surface area (Å²) in [5, 5.41) is 0. The Morgan fingerprint density at radius 1 is 1.19 bits per heavy atom. The summed E-state index contributed by atoms with van der Waals surface area (Å²) in [5.74, 6) is 0.557. The standard InChI is InChI=1S/C15H20N4O2/c20-14-13-9-11-3-1-2-4-12(11)19(13)15(21)18(14)8-7-17-6-5-16-10-17/h5-6,10-13H,1-4,7-9H2/t11-,12+,13+/m1/s1. The zero-order valence-electron chi connectivity index (χ0n) is 12.0. The number of carbonyl (C=O) groups is 2. The van der Waals surface area contributed by atoms with Gasteiger partial charge in [0.05, 0.1) is 6.33 Å². The molecule has 1 saturated carbocycles. The van der Waals surface area contributed by atoms with Crippen molar-refractivity contribution in [3.05, 3.63) is 18.7 Å². The molecule has 3 atom stereocenters. The summed E-state index contributed by atoms with van der Waals surface area (Å²) in [7, 11) is 0. The van der Waals surface area contributed by atoms with Crippen LogP contribution in [0.3, 0.4) is 0 Å². The predicted molar refractivity (Wildman–Crippen MR) is 75.3 cm³/mol. The van der Waals surface area contributed by atoms with Crippen LogP contribution in [0.1, 0.15) is 32.1 Å². The van der Waals surface area contributed by atoms with Crippen molar-refractivity contribution in [3.63, 3.8) is 0 Å². The summed E-state index contributed by atoms with van der Waals surface area (Å²) in [4.78, 5) is 32.5. The van der Waals surface area contributed by atoms with E-state index < -0.39 is 0 Å². The number of urea groups is 1. The first kappa shape index (κ1) is 12.9. The molecular weight excluding hydrogens is 268 g/mol. The Bertz CT molecular complexity index is 556. The molecular formula is C15H20N4O2. The topological polar surface area (TPSA) is 58.4 Å². The highest BCUT2D eigenvalue weighted by molar-refractivity contribution is 6.04. The monoisotopic (exact) mass is 288 g/mol. The molecule has 3 fully saturated rings. The van der Waals surface area contributed by atoms with Crippen molar-refractivity contribution in [2.45, 2.75) is 50.7 Å². The van der Waals surface area contributed by atoms with Gasteiger partial charge in [-0.15, -0.1) is 0 Å². The molecule has 21 heavy (non-hydrogen) atoms. The molecule has 2 saturated heterocycles. The average Bonchev–Trinajstić information content (AvgIpc) is 3.17. The molecule has 1 aromatic heterocycles. The van der Waals surface area contributed by atoms with Crippen molar-refractivity contribution < 1.29 is 9.59 Å². The smallest absolute Gasteiger partial charge is 0.327 e. The Balaban J connectivity index is 1.49. The zero-order valence-corrected chi connectivity index (χ0v) is 12.0. The lowest BCUT2D eigenvalue weighted by Gasteiger charge is -2.31. The molecule has 0 bridgehead atoms. The highest BCUT2D eigenvalue weighted by Gasteiger charge is 2.55. The fourth-order valence-corrected chi connectivity index (χ4v) is 4.21. The Morgan fingerprint density at radius 2 is 2.05 bits per heavy atom. The molecule has 0 radical (unpaired) electrons. The second-order valence-electron chi connectivity index (χ2n) is 6.34. The molecule has 6 heteroatoms. The lowest BCUT2D eigenvalue weighted by Crippen LogP contribution is -2.42. The van der Waals surface area contributed by atoms with E-state index in [1.165, 1.54) is 24.2 Å². The largest absolute Gasteiger partial charge is 0.336 e. The molecule has 1 aromatic rings. The fraction of sp³-hybridized carbons (Fsp3) is 0.667. The van der Waals surface area contributed by atoms with Crippen LogP contribution in [0.4, 0.5) is 4.79 Å². The first-order chi connectivity index (χ1) is 10.3.